The van der Waals surface area contributed by atoms with Crippen molar-refractivity contribution in [2.24, 2.45) is 4.99 Å². The van der Waals surface area contributed by atoms with E-state index in [0.29, 0.717) is 30.1 Å². The van der Waals surface area contributed by atoms with Crippen molar-refractivity contribution in [1.29, 1.82) is 0 Å². The Labute approximate surface area is 152 Å². The van der Waals surface area contributed by atoms with Gasteiger partial charge in [0.2, 0.25) is 0 Å². The molecule has 2 heterocycles. The SMILES string of the molecule is CN(C)CCNC(=O)c1ccc2c(c1)C(=O)N1Cc3ccccc3N=C21. The average Bonchev–Trinajstić information content (AvgIpc) is 2.91. The molecule has 2 aliphatic heterocycles. The first-order chi connectivity index (χ1) is 12.5. The van der Waals surface area contributed by atoms with Crippen molar-refractivity contribution < 1.29 is 9.59 Å². The van der Waals surface area contributed by atoms with Crippen molar-refractivity contribution in [2.45, 2.75) is 6.54 Å². The lowest BCUT2D eigenvalue weighted by atomic mass is 10.0. The molecule has 0 radical (unpaired) electrons. The fourth-order valence-corrected chi connectivity index (χ4v) is 3.24. The molecular formula is C20H20N4O2. The van der Waals surface area contributed by atoms with Gasteiger partial charge < -0.3 is 10.2 Å². The van der Waals surface area contributed by atoms with Gasteiger partial charge in [-0.15, -0.1) is 0 Å². The van der Waals surface area contributed by atoms with Gasteiger partial charge in [0.05, 0.1) is 17.8 Å². The summed E-state index contributed by atoms with van der Waals surface area (Å²) in [4.78, 5) is 33.5. The molecule has 26 heavy (non-hydrogen) atoms. The van der Waals surface area contributed by atoms with Crippen LogP contribution in [0.2, 0.25) is 0 Å². The highest BCUT2D eigenvalue weighted by molar-refractivity contribution is 6.24. The molecule has 2 aromatic carbocycles. The molecule has 6 heteroatoms. The highest BCUT2D eigenvalue weighted by Crippen LogP contribution is 2.34. The molecule has 6 nitrogen and oxygen atoms in total. The number of para-hydroxylation sites is 1. The van der Waals surface area contributed by atoms with Gasteiger partial charge >= 0.3 is 0 Å². The molecule has 0 fully saturated rings. The van der Waals surface area contributed by atoms with Crippen molar-refractivity contribution >= 4 is 23.3 Å². The topological polar surface area (TPSA) is 65.0 Å². The van der Waals surface area contributed by atoms with Crippen molar-refractivity contribution in [2.75, 3.05) is 27.2 Å². The number of nitrogens with one attached hydrogen (secondary N) is 1. The van der Waals surface area contributed by atoms with Crippen LogP contribution in [0.15, 0.2) is 47.5 Å². The molecule has 132 valence electrons. The molecule has 2 aromatic rings. The van der Waals surface area contributed by atoms with Crippen LogP contribution >= 0.6 is 0 Å². The van der Waals surface area contributed by atoms with Crippen molar-refractivity contribution in [3.8, 4) is 0 Å². The number of benzene rings is 2. The monoisotopic (exact) mass is 348 g/mol. The molecule has 2 amide bonds. The minimum absolute atomic E-state index is 0.101. The van der Waals surface area contributed by atoms with Crippen molar-refractivity contribution in [3.05, 3.63) is 64.7 Å². The summed E-state index contributed by atoms with van der Waals surface area (Å²) in [6.07, 6.45) is 0. The predicted octanol–water partition coefficient (Wildman–Crippen LogP) is 2.03. The lowest BCUT2D eigenvalue weighted by Gasteiger charge is -2.23. The molecule has 0 unspecified atom stereocenters. The fraction of sp³-hybridized carbons (Fsp3) is 0.250. The molecule has 0 saturated heterocycles. The van der Waals surface area contributed by atoms with Crippen LogP contribution in [0.3, 0.4) is 0 Å². The van der Waals surface area contributed by atoms with Gasteiger partial charge in [-0.25, -0.2) is 4.99 Å². The lowest BCUT2D eigenvalue weighted by Crippen LogP contribution is -2.32. The number of likely N-dealkylation sites (N-methyl/N-ethyl adjacent to an activating group) is 1. The number of hydrogen-bond donors (Lipinski definition) is 1. The zero-order chi connectivity index (χ0) is 18.3. The van der Waals surface area contributed by atoms with E-state index in [2.05, 4.69) is 10.3 Å². The van der Waals surface area contributed by atoms with Gasteiger partial charge in [0, 0.05) is 24.2 Å². The molecule has 2 aliphatic rings. The smallest absolute Gasteiger partial charge is 0.260 e. The van der Waals surface area contributed by atoms with E-state index in [0.717, 1.165) is 23.4 Å². The third kappa shape index (κ3) is 2.78. The maximum atomic E-state index is 12.8. The highest BCUT2D eigenvalue weighted by Gasteiger charge is 2.36. The second-order valence-electron chi connectivity index (χ2n) is 6.77. The van der Waals surface area contributed by atoms with E-state index in [9.17, 15) is 9.59 Å². The van der Waals surface area contributed by atoms with Crippen LogP contribution < -0.4 is 5.32 Å². The van der Waals surface area contributed by atoms with Crippen molar-refractivity contribution in [1.82, 2.24) is 15.1 Å². The summed E-state index contributed by atoms with van der Waals surface area (Å²) in [6.45, 7) is 1.83. The van der Waals surface area contributed by atoms with Crippen LogP contribution in [0.1, 0.15) is 31.8 Å². The average molecular weight is 348 g/mol. The molecule has 0 aromatic heterocycles. The Morgan fingerprint density at radius 2 is 2.00 bits per heavy atom. The largest absolute Gasteiger partial charge is 0.351 e. The Morgan fingerprint density at radius 1 is 1.19 bits per heavy atom. The summed E-state index contributed by atoms with van der Waals surface area (Å²) < 4.78 is 0. The minimum Gasteiger partial charge on any atom is -0.351 e. The van der Waals surface area contributed by atoms with Gasteiger partial charge in [0.1, 0.15) is 5.84 Å². The van der Waals surface area contributed by atoms with Gasteiger partial charge in [0.15, 0.2) is 0 Å². The van der Waals surface area contributed by atoms with Gasteiger partial charge in [-0.1, -0.05) is 18.2 Å². The van der Waals surface area contributed by atoms with E-state index in [4.69, 9.17) is 0 Å². The number of carbonyl (C=O) groups excluding carboxylic acids is 2. The summed E-state index contributed by atoms with van der Waals surface area (Å²) in [5.41, 5.74) is 3.74. The van der Waals surface area contributed by atoms with Crippen LogP contribution in [0, 0.1) is 0 Å². The molecule has 0 saturated carbocycles. The van der Waals surface area contributed by atoms with E-state index in [1.54, 1.807) is 17.0 Å². The first-order valence-electron chi connectivity index (χ1n) is 8.60. The molecule has 0 spiro atoms. The maximum absolute atomic E-state index is 12.8. The summed E-state index contributed by atoms with van der Waals surface area (Å²) in [5.74, 6) is 0.400. The Bertz CT molecular complexity index is 933. The molecule has 0 bridgehead atoms. The zero-order valence-electron chi connectivity index (χ0n) is 14.8. The summed E-state index contributed by atoms with van der Waals surface area (Å²) in [6, 6.07) is 13.1. The molecular weight excluding hydrogens is 328 g/mol. The summed E-state index contributed by atoms with van der Waals surface area (Å²) in [7, 11) is 3.91. The van der Waals surface area contributed by atoms with Gasteiger partial charge in [-0.3, -0.25) is 14.5 Å². The third-order valence-corrected chi connectivity index (χ3v) is 4.64. The van der Waals surface area contributed by atoms with Crippen LogP contribution in [0.25, 0.3) is 0 Å². The number of hydrogen-bond acceptors (Lipinski definition) is 4. The number of amidine groups is 1. The lowest BCUT2D eigenvalue weighted by molar-refractivity contribution is 0.0851. The number of rotatable bonds is 4. The van der Waals surface area contributed by atoms with Crippen LogP contribution in [0.5, 0.6) is 0 Å². The molecule has 4 rings (SSSR count). The number of carbonyl (C=O) groups is 2. The third-order valence-electron chi connectivity index (χ3n) is 4.64. The van der Waals surface area contributed by atoms with E-state index < -0.39 is 0 Å². The highest BCUT2D eigenvalue weighted by atomic mass is 16.2. The Balaban J connectivity index is 1.62. The molecule has 0 atom stereocenters. The first-order valence-corrected chi connectivity index (χ1v) is 8.60. The van der Waals surface area contributed by atoms with Gasteiger partial charge in [0.25, 0.3) is 11.8 Å². The Kier molecular flexibility index (Phi) is 4.05. The quantitative estimate of drug-likeness (QED) is 0.919. The van der Waals surface area contributed by atoms with E-state index >= 15 is 0 Å². The van der Waals surface area contributed by atoms with Crippen LogP contribution in [-0.2, 0) is 6.54 Å². The predicted molar refractivity (Wildman–Crippen MR) is 99.8 cm³/mol. The normalized spacial score (nSPS) is 14.7. The van der Waals surface area contributed by atoms with E-state index in [1.165, 1.54) is 0 Å². The van der Waals surface area contributed by atoms with Gasteiger partial charge in [-0.05, 0) is 43.9 Å². The van der Waals surface area contributed by atoms with E-state index in [1.807, 2.05) is 49.3 Å². The first kappa shape index (κ1) is 16.5. The zero-order valence-corrected chi connectivity index (χ0v) is 14.8. The number of amides is 2. The van der Waals surface area contributed by atoms with Crippen LogP contribution in [-0.4, -0.2) is 54.6 Å². The molecule has 0 aliphatic carbocycles. The van der Waals surface area contributed by atoms with Gasteiger partial charge in [-0.2, -0.15) is 0 Å². The number of aliphatic imine (C=N–C) groups is 1. The second-order valence-corrected chi connectivity index (χ2v) is 6.77. The fourth-order valence-electron chi connectivity index (χ4n) is 3.24. The molecule has 1 N–H and O–H groups in total. The minimum atomic E-state index is -0.169. The number of nitrogens with zero attached hydrogens (tertiary/aromatic N) is 3. The maximum Gasteiger partial charge on any atom is 0.260 e. The number of fused-ring (bicyclic) bond motifs is 4. The van der Waals surface area contributed by atoms with Crippen molar-refractivity contribution in [3.63, 3.8) is 0 Å². The second kappa shape index (κ2) is 6.38. The Hall–Kier alpha value is -2.99. The van der Waals surface area contributed by atoms with Crippen LogP contribution in [0.4, 0.5) is 5.69 Å². The van der Waals surface area contributed by atoms with E-state index in [-0.39, 0.29) is 11.8 Å². The standard InChI is InChI=1S/C20H20N4O2/c1-23(2)10-9-21-19(25)13-7-8-15-16(11-13)20(26)24-12-14-5-3-4-6-17(14)22-18(15)24/h3-8,11H,9-10,12H2,1-2H3,(H,21,25). The summed E-state index contributed by atoms with van der Waals surface area (Å²) >= 11 is 0. The summed E-state index contributed by atoms with van der Waals surface area (Å²) in [5, 5.41) is 2.88. The Morgan fingerprint density at radius 3 is 2.81 bits per heavy atom.